The molecule has 1 atom stereocenters. The summed E-state index contributed by atoms with van der Waals surface area (Å²) < 4.78 is 5.61. The molecule has 0 aromatic heterocycles. The molecule has 4 rings (SSSR count). The number of hydrogen-bond acceptors (Lipinski definition) is 3. The molecule has 3 nitrogen and oxygen atoms in total. The van der Waals surface area contributed by atoms with Crippen molar-refractivity contribution in [3.63, 3.8) is 0 Å². The summed E-state index contributed by atoms with van der Waals surface area (Å²) in [7, 11) is 0. The summed E-state index contributed by atoms with van der Waals surface area (Å²) in [6, 6.07) is 18.4. The number of carbonyl (C=O) groups excluding carboxylic acids is 1. The van der Waals surface area contributed by atoms with Gasteiger partial charge in [-0.3, -0.25) is 4.79 Å². The van der Waals surface area contributed by atoms with E-state index in [1.54, 1.807) is 0 Å². The normalized spacial score (nSPS) is 22.5. The van der Waals surface area contributed by atoms with Gasteiger partial charge in [0.15, 0.2) is 0 Å². The van der Waals surface area contributed by atoms with Crippen LogP contribution in [0.15, 0.2) is 54.6 Å². The molecule has 0 bridgehead atoms. The molecule has 148 valence electrons. The number of hydrogen-bond donors (Lipinski definition) is 0. The molecule has 1 amide bonds. The van der Waals surface area contributed by atoms with Gasteiger partial charge in [0, 0.05) is 42.3 Å². The Labute approximate surface area is 176 Å². The number of thioether (sulfide) groups is 1. The molecule has 2 saturated heterocycles. The molecule has 2 aliphatic rings. The number of halogens is 1. The Bertz CT molecular complexity index is 807. The molecule has 2 aliphatic heterocycles. The van der Waals surface area contributed by atoms with Crippen LogP contribution in [0.3, 0.4) is 0 Å². The minimum Gasteiger partial charge on any atom is -0.381 e. The lowest BCUT2D eigenvalue weighted by molar-refractivity contribution is -0.141. The SMILES string of the molecule is O=C(N1CCSC(c2ccccc2Cl)CC1)C1(c2ccccc2)CCOCC1. The van der Waals surface area contributed by atoms with Crippen molar-refractivity contribution in [2.75, 3.05) is 32.1 Å². The monoisotopic (exact) mass is 415 g/mol. The summed E-state index contributed by atoms with van der Waals surface area (Å²) in [5.74, 6) is 1.20. The fraction of sp³-hybridized carbons (Fsp3) is 0.435. The molecule has 2 aromatic rings. The van der Waals surface area contributed by atoms with E-state index in [-0.39, 0.29) is 5.91 Å². The predicted molar refractivity (Wildman–Crippen MR) is 116 cm³/mol. The van der Waals surface area contributed by atoms with Gasteiger partial charge < -0.3 is 9.64 Å². The van der Waals surface area contributed by atoms with Crippen LogP contribution in [0.1, 0.15) is 35.6 Å². The Hall–Kier alpha value is -1.49. The summed E-state index contributed by atoms with van der Waals surface area (Å²) >= 11 is 8.34. The number of ether oxygens (including phenoxy) is 1. The number of carbonyl (C=O) groups is 1. The van der Waals surface area contributed by atoms with Gasteiger partial charge in [0.25, 0.3) is 0 Å². The van der Waals surface area contributed by atoms with E-state index in [4.69, 9.17) is 16.3 Å². The third-order valence-corrected chi connectivity index (χ3v) is 7.62. The van der Waals surface area contributed by atoms with Crippen LogP contribution in [0.2, 0.25) is 5.02 Å². The molecule has 0 saturated carbocycles. The van der Waals surface area contributed by atoms with Gasteiger partial charge in [-0.25, -0.2) is 0 Å². The van der Waals surface area contributed by atoms with E-state index >= 15 is 0 Å². The van der Waals surface area contributed by atoms with E-state index in [0.717, 1.165) is 48.7 Å². The van der Waals surface area contributed by atoms with Gasteiger partial charge in [-0.1, -0.05) is 60.1 Å². The number of benzene rings is 2. The van der Waals surface area contributed by atoms with Crippen molar-refractivity contribution >= 4 is 29.3 Å². The smallest absolute Gasteiger partial charge is 0.233 e. The highest BCUT2D eigenvalue weighted by Gasteiger charge is 2.44. The van der Waals surface area contributed by atoms with E-state index in [1.807, 2.05) is 48.2 Å². The second-order valence-electron chi connectivity index (χ2n) is 7.52. The highest BCUT2D eigenvalue weighted by molar-refractivity contribution is 7.99. The van der Waals surface area contributed by atoms with Crippen molar-refractivity contribution < 1.29 is 9.53 Å². The van der Waals surface area contributed by atoms with Crippen LogP contribution in [-0.2, 0) is 14.9 Å². The topological polar surface area (TPSA) is 29.5 Å². The molecule has 0 spiro atoms. The average Bonchev–Trinajstić information content (AvgIpc) is 3.01. The molecular weight excluding hydrogens is 390 g/mol. The van der Waals surface area contributed by atoms with Crippen molar-refractivity contribution in [2.45, 2.75) is 29.9 Å². The molecule has 2 fully saturated rings. The van der Waals surface area contributed by atoms with Gasteiger partial charge in [0.1, 0.15) is 0 Å². The van der Waals surface area contributed by atoms with Gasteiger partial charge in [-0.05, 0) is 36.5 Å². The van der Waals surface area contributed by atoms with E-state index in [0.29, 0.717) is 18.5 Å². The Morgan fingerprint density at radius 3 is 2.50 bits per heavy atom. The lowest BCUT2D eigenvalue weighted by atomic mass is 9.73. The summed E-state index contributed by atoms with van der Waals surface area (Å²) in [5.41, 5.74) is 1.86. The first-order chi connectivity index (χ1) is 13.7. The zero-order valence-electron chi connectivity index (χ0n) is 16.0. The number of rotatable bonds is 3. The summed E-state index contributed by atoms with van der Waals surface area (Å²) in [4.78, 5) is 15.9. The van der Waals surface area contributed by atoms with Crippen LogP contribution in [0.25, 0.3) is 0 Å². The van der Waals surface area contributed by atoms with Crippen LogP contribution < -0.4 is 0 Å². The third-order valence-electron chi connectivity index (χ3n) is 5.96. The maximum Gasteiger partial charge on any atom is 0.233 e. The van der Waals surface area contributed by atoms with E-state index in [9.17, 15) is 4.79 Å². The lowest BCUT2D eigenvalue weighted by Crippen LogP contribution is -2.50. The number of nitrogens with zero attached hydrogens (tertiary/aromatic N) is 1. The molecule has 1 unspecified atom stereocenters. The average molecular weight is 416 g/mol. The Morgan fingerprint density at radius 2 is 1.75 bits per heavy atom. The summed E-state index contributed by atoms with van der Waals surface area (Å²) in [6.45, 7) is 2.86. The number of amides is 1. The highest BCUT2D eigenvalue weighted by atomic mass is 35.5. The Balaban J connectivity index is 1.54. The second-order valence-corrected chi connectivity index (χ2v) is 9.24. The molecule has 0 radical (unpaired) electrons. The third kappa shape index (κ3) is 3.96. The lowest BCUT2D eigenvalue weighted by Gasteiger charge is -2.40. The molecule has 5 heteroatoms. The van der Waals surface area contributed by atoms with E-state index in [1.165, 1.54) is 5.56 Å². The first-order valence-corrected chi connectivity index (χ1v) is 11.4. The van der Waals surface area contributed by atoms with Gasteiger partial charge in [0.2, 0.25) is 5.91 Å². The van der Waals surface area contributed by atoms with Crippen LogP contribution in [0, 0.1) is 0 Å². The molecule has 2 heterocycles. The predicted octanol–water partition coefficient (Wildman–Crippen LogP) is 5.10. The zero-order chi connectivity index (χ0) is 19.4. The fourth-order valence-electron chi connectivity index (χ4n) is 4.36. The zero-order valence-corrected chi connectivity index (χ0v) is 17.6. The van der Waals surface area contributed by atoms with Crippen LogP contribution in [0.4, 0.5) is 0 Å². The van der Waals surface area contributed by atoms with Crippen molar-refractivity contribution in [1.29, 1.82) is 0 Å². The largest absolute Gasteiger partial charge is 0.381 e. The summed E-state index contributed by atoms with van der Waals surface area (Å²) in [5, 5.41) is 1.17. The summed E-state index contributed by atoms with van der Waals surface area (Å²) in [6.07, 6.45) is 2.45. The maximum absolute atomic E-state index is 13.8. The van der Waals surface area contributed by atoms with Crippen molar-refractivity contribution in [2.24, 2.45) is 0 Å². The van der Waals surface area contributed by atoms with E-state index < -0.39 is 5.41 Å². The minimum absolute atomic E-state index is 0.266. The first-order valence-electron chi connectivity index (χ1n) is 9.99. The van der Waals surface area contributed by atoms with Gasteiger partial charge in [-0.15, -0.1) is 0 Å². The van der Waals surface area contributed by atoms with Crippen molar-refractivity contribution in [3.8, 4) is 0 Å². The maximum atomic E-state index is 13.8. The molecule has 28 heavy (non-hydrogen) atoms. The molecule has 2 aromatic carbocycles. The van der Waals surface area contributed by atoms with E-state index in [2.05, 4.69) is 23.1 Å². The Morgan fingerprint density at radius 1 is 1.04 bits per heavy atom. The van der Waals surface area contributed by atoms with Crippen LogP contribution in [0.5, 0.6) is 0 Å². The fourth-order valence-corrected chi connectivity index (χ4v) is 5.96. The van der Waals surface area contributed by atoms with Gasteiger partial charge >= 0.3 is 0 Å². The molecule has 0 aliphatic carbocycles. The Kier molecular flexibility index (Phi) is 6.29. The van der Waals surface area contributed by atoms with Crippen LogP contribution in [-0.4, -0.2) is 42.9 Å². The minimum atomic E-state index is -0.450. The standard InChI is InChI=1S/C23H26ClNO2S/c24-20-9-5-4-8-19(20)21-10-13-25(14-17-28-21)22(26)23(11-15-27-16-12-23)18-6-2-1-3-7-18/h1-9,21H,10-17H2. The van der Waals surface area contributed by atoms with Crippen molar-refractivity contribution in [3.05, 3.63) is 70.7 Å². The van der Waals surface area contributed by atoms with Crippen molar-refractivity contribution in [1.82, 2.24) is 4.90 Å². The quantitative estimate of drug-likeness (QED) is 0.698. The van der Waals surface area contributed by atoms with Gasteiger partial charge in [-0.2, -0.15) is 11.8 Å². The first kappa shape index (κ1) is 19.8. The van der Waals surface area contributed by atoms with Crippen LogP contribution >= 0.6 is 23.4 Å². The highest BCUT2D eigenvalue weighted by Crippen LogP contribution is 2.41. The molecule has 0 N–H and O–H groups in total. The second kappa shape index (κ2) is 8.89. The van der Waals surface area contributed by atoms with Gasteiger partial charge in [0.05, 0.1) is 5.41 Å². The molecular formula is C23H26ClNO2S.